The molecule has 0 fully saturated rings. The molecular formula is C17H11Cl2FN4O. The van der Waals surface area contributed by atoms with Crippen LogP contribution in [0.2, 0.25) is 10.0 Å². The van der Waals surface area contributed by atoms with E-state index in [1.807, 2.05) is 6.07 Å². The Labute approximate surface area is 152 Å². The van der Waals surface area contributed by atoms with E-state index in [4.69, 9.17) is 23.2 Å². The molecule has 0 saturated carbocycles. The summed E-state index contributed by atoms with van der Waals surface area (Å²) in [6, 6.07) is 11.0. The van der Waals surface area contributed by atoms with Crippen LogP contribution in [-0.2, 0) is 0 Å². The zero-order valence-electron chi connectivity index (χ0n) is 12.6. The van der Waals surface area contributed by atoms with Crippen molar-refractivity contribution >= 4 is 46.4 Å². The molecule has 2 N–H and O–H groups in total. The molecule has 0 aliphatic rings. The number of nitrogens with zero attached hydrogens (tertiary/aromatic N) is 2. The zero-order valence-corrected chi connectivity index (χ0v) is 14.1. The maximum atomic E-state index is 13.1. The standard InChI is InChI=1S/C17H11Cl2FN4O/c18-11-2-1-3-12(6-11)24-17-21-8-10(9-22-17)16(25)23-13-4-5-15(20)14(19)7-13/h1-9H,(H,23,25)(H,21,22,24). The molecule has 8 heteroatoms. The Hall–Kier alpha value is -2.70. The molecule has 0 unspecified atom stereocenters. The van der Waals surface area contributed by atoms with E-state index in [0.717, 1.165) is 5.69 Å². The highest BCUT2D eigenvalue weighted by Crippen LogP contribution is 2.20. The molecule has 3 aromatic rings. The summed E-state index contributed by atoms with van der Waals surface area (Å²) in [6.07, 6.45) is 2.75. The van der Waals surface area contributed by atoms with E-state index < -0.39 is 11.7 Å². The Bertz CT molecular complexity index is 919. The second-order valence-corrected chi connectivity index (χ2v) is 5.86. The SMILES string of the molecule is O=C(Nc1ccc(F)c(Cl)c1)c1cnc(Nc2cccc(Cl)c2)nc1. The van der Waals surface area contributed by atoms with Crippen LogP contribution in [0, 0.1) is 5.82 Å². The van der Waals surface area contributed by atoms with Crippen molar-refractivity contribution in [2.75, 3.05) is 10.6 Å². The minimum Gasteiger partial charge on any atom is -0.324 e. The van der Waals surface area contributed by atoms with E-state index in [9.17, 15) is 9.18 Å². The Morgan fingerprint density at radius 1 is 1.00 bits per heavy atom. The van der Waals surface area contributed by atoms with Gasteiger partial charge in [-0.2, -0.15) is 0 Å². The number of anilines is 3. The van der Waals surface area contributed by atoms with E-state index in [0.29, 0.717) is 16.7 Å². The van der Waals surface area contributed by atoms with Gasteiger partial charge in [0.25, 0.3) is 5.91 Å². The predicted molar refractivity (Wildman–Crippen MR) is 96.1 cm³/mol. The first kappa shape index (κ1) is 17.1. The van der Waals surface area contributed by atoms with Gasteiger partial charge in [0.15, 0.2) is 0 Å². The molecule has 0 bridgehead atoms. The molecule has 3 rings (SSSR count). The average molecular weight is 377 g/mol. The maximum Gasteiger partial charge on any atom is 0.258 e. The van der Waals surface area contributed by atoms with E-state index in [1.54, 1.807) is 18.2 Å². The predicted octanol–water partition coefficient (Wildman–Crippen LogP) is 4.92. The Morgan fingerprint density at radius 2 is 1.76 bits per heavy atom. The molecule has 1 aromatic heterocycles. The molecule has 0 aliphatic carbocycles. The molecule has 25 heavy (non-hydrogen) atoms. The fraction of sp³-hybridized carbons (Fsp3) is 0. The number of amides is 1. The second-order valence-electron chi connectivity index (χ2n) is 5.01. The van der Waals surface area contributed by atoms with Gasteiger partial charge in [0, 0.05) is 28.8 Å². The first-order valence-corrected chi connectivity index (χ1v) is 7.88. The van der Waals surface area contributed by atoms with Gasteiger partial charge in [-0.25, -0.2) is 14.4 Å². The van der Waals surface area contributed by atoms with Crippen LogP contribution >= 0.6 is 23.2 Å². The van der Waals surface area contributed by atoms with E-state index in [2.05, 4.69) is 20.6 Å². The molecule has 0 atom stereocenters. The van der Waals surface area contributed by atoms with Crippen molar-refractivity contribution in [3.05, 3.63) is 76.3 Å². The van der Waals surface area contributed by atoms with Crippen LogP contribution in [0.4, 0.5) is 21.7 Å². The lowest BCUT2D eigenvalue weighted by Crippen LogP contribution is -2.13. The molecule has 1 amide bonds. The third-order valence-corrected chi connectivity index (χ3v) is 3.70. The van der Waals surface area contributed by atoms with Gasteiger partial charge in [-0.1, -0.05) is 29.3 Å². The third kappa shape index (κ3) is 4.43. The van der Waals surface area contributed by atoms with Crippen LogP contribution in [0.15, 0.2) is 54.9 Å². The normalized spacial score (nSPS) is 10.4. The lowest BCUT2D eigenvalue weighted by atomic mass is 10.2. The van der Waals surface area contributed by atoms with Gasteiger partial charge in [-0.15, -0.1) is 0 Å². The maximum absolute atomic E-state index is 13.1. The number of carbonyl (C=O) groups excluding carboxylic acids is 1. The van der Waals surface area contributed by atoms with Crippen LogP contribution in [0.5, 0.6) is 0 Å². The zero-order chi connectivity index (χ0) is 17.8. The summed E-state index contributed by atoms with van der Waals surface area (Å²) in [5, 5.41) is 6.08. The summed E-state index contributed by atoms with van der Waals surface area (Å²) < 4.78 is 13.1. The van der Waals surface area contributed by atoms with Crippen LogP contribution in [0.25, 0.3) is 0 Å². The molecule has 0 aliphatic heterocycles. The number of halogens is 3. The van der Waals surface area contributed by atoms with E-state index in [-0.39, 0.29) is 10.6 Å². The fourth-order valence-corrected chi connectivity index (χ4v) is 2.35. The van der Waals surface area contributed by atoms with E-state index in [1.165, 1.54) is 30.6 Å². The van der Waals surface area contributed by atoms with Gasteiger partial charge in [-0.05, 0) is 36.4 Å². The Morgan fingerprint density at radius 3 is 2.44 bits per heavy atom. The lowest BCUT2D eigenvalue weighted by Gasteiger charge is -2.07. The number of benzene rings is 2. The van der Waals surface area contributed by atoms with Crippen molar-refractivity contribution in [2.24, 2.45) is 0 Å². The summed E-state index contributed by atoms with van der Waals surface area (Å²) >= 11 is 11.6. The Kier molecular flexibility index (Phi) is 5.11. The summed E-state index contributed by atoms with van der Waals surface area (Å²) in [4.78, 5) is 20.3. The minimum atomic E-state index is -0.556. The third-order valence-electron chi connectivity index (χ3n) is 3.17. The van der Waals surface area contributed by atoms with Crippen molar-refractivity contribution in [1.29, 1.82) is 0 Å². The van der Waals surface area contributed by atoms with Gasteiger partial charge in [0.05, 0.1) is 10.6 Å². The molecule has 1 heterocycles. The topological polar surface area (TPSA) is 66.9 Å². The van der Waals surface area contributed by atoms with Crippen molar-refractivity contribution in [3.8, 4) is 0 Å². The molecule has 2 aromatic carbocycles. The first-order valence-electron chi connectivity index (χ1n) is 7.12. The molecule has 0 radical (unpaired) electrons. The summed E-state index contributed by atoms with van der Waals surface area (Å²) in [7, 11) is 0. The lowest BCUT2D eigenvalue weighted by molar-refractivity contribution is 0.102. The molecule has 126 valence electrons. The number of aromatic nitrogens is 2. The average Bonchev–Trinajstić information content (AvgIpc) is 2.59. The highest BCUT2D eigenvalue weighted by atomic mass is 35.5. The van der Waals surface area contributed by atoms with Gasteiger partial charge in [-0.3, -0.25) is 4.79 Å². The van der Waals surface area contributed by atoms with Crippen LogP contribution < -0.4 is 10.6 Å². The number of nitrogens with one attached hydrogen (secondary N) is 2. The highest BCUT2D eigenvalue weighted by molar-refractivity contribution is 6.31. The largest absolute Gasteiger partial charge is 0.324 e. The second kappa shape index (κ2) is 7.46. The fourth-order valence-electron chi connectivity index (χ4n) is 1.98. The van der Waals surface area contributed by atoms with Crippen molar-refractivity contribution < 1.29 is 9.18 Å². The van der Waals surface area contributed by atoms with Crippen molar-refractivity contribution in [1.82, 2.24) is 9.97 Å². The summed E-state index contributed by atoms with van der Waals surface area (Å²) in [6.45, 7) is 0. The molecule has 0 saturated heterocycles. The number of carbonyl (C=O) groups is 1. The van der Waals surface area contributed by atoms with Crippen molar-refractivity contribution in [2.45, 2.75) is 0 Å². The van der Waals surface area contributed by atoms with Crippen LogP contribution in [0.1, 0.15) is 10.4 Å². The minimum absolute atomic E-state index is 0.0740. The molecule has 5 nitrogen and oxygen atoms in total. The van der Waals surface area contributed by atoms with Gasteiger partial charge < -0.3 is 10.6 Å². The van der Waals surface area contributed by atoms with Gasteiger partial charge >= 0.3 is 0 Å². The van der Waals surface area contributed by atoms with Crippen LogP contribution in [0.3, 0.4) is 0 Å². The number of hydrogen-bond acceptors (Lipinski definition) is 4. The molecule has 0 spiro atoms. The number of hydrogen-bond donors (Lipinski definition) is 2. The van der Waals surface area contributed by atoms with Gasteiger partial charge in [0.2, 0.25) is 5.95 Å². The number of rotatable bonds is 4. The summed E-state index contributed by atoms with van der Waals surface area (Å²) in [5.41, 5.74) is 1.35. The quantitative estimate of drug-likeness (QED) is 0.678. The van der Waals surface area contributed by atoms with Gasteiger partial charge in [0.1, 0.15) is 5.82 Å². The smallest absolute Gasteiger partial charge is 0.258 e. The summed E-state index contributed by atoms with van der Waals surface area (Å²) in [5.74, 6) is -0.667. The highest BCUT2D eigenvalue weighted by Gasteiger charge is 2.09. The first-order chi connectivity index (χ1) is 12.0. The molecular weight excluding hydrogens is 366 g/mol. The Balaban J connectivity index is 1.68. The van der Waals surface area contributed by atoms with Crippen molar-refractivity contribution in [3.63, 3.8) is 0 Å². The van der Waals surface area contributed by atoms with Crippen LogP contribution in [-0.4, -0.2) is 15.9 Å². The van der Waals surface area contributed by atoms with E-state index >= 15 is 0 Å². The monoisotopic (exact) mass is 376 g/mol.